The number of anilines is 2. The number of nitriles is 1. The Morgan fingerprint density at radius 3 is 2.54 bits per heavy atom. The quantitative estimate of drug-likeness (QED) is 0.783. The third kappa shape index (κ3) is 4.94. The maximum atomic E-state index is 11.6. The fraction of sp³-hybridized carbons (Fsp3) is 0.235. The van der Waals surface area contributed by atoms with Gasteiger partial charge in [0, 0.05) is 17.5 Å². The highest BCUT2D eigenvalue weighted by Gasteiger charge is 2.14. The summed E-state index contributed by atoms with van der Waals surface area (Å²) in [7, 11) is -3.39. The van der Waals surface area contributed by atoms with Gasteiger partial charge in [-0.3, -0.25) is 4.79 Å². The maximum absolute atomic E-state index is 11.6. The van der Waals surface area contributed by atoms with Gasteiger partial charge in [-0.1, -0.05) is 12.1 Å². The largest absolute Gasteiger partial charge is 0.477 e. The summed E-state index contributed by atoms with van der Waals surface area (Å²) in [6.07, 6.45) is 0.993. The summed E-state index contributed by atoms with van der Waals surface area (Å²) in [5.74, 6) is -1.03. The molecule has 0 saturated heterocycles. The highest BCUT2D eigenvalue weighted by Crippen LogP contribution is 2.28. The molecular formula is C17H18N4O4S. The van der Waals surface area contributed by atoms with Gasteiger partial charge in [0.25, 0.3) is 0 Å². The van der Waals surface area contributed by atoms with Crippen LogP contribution < -0.4 is 15.8 Å². The normalized spacial score (nSPS) is 10.8. The van der Waals surface area contributed by atoms with Crippen LogP contribution in [-0.4, -0.2) is 37.9 Å². The van der Waals surface area contributed by atoms with Crippen LogP contribution in [0.2, 0.25) is 0 Å². The van der Waals surface area contributed by atoms with E-state index in [1.807, 2.05) is 6.07 Å². The SMILES string of the molecule is CCOc1nc(-c2ccc(NC(=O)CS(C)(=O)=O)cc2)cc(N)c1C#N. The van der Waals surface area contributed by atoms with Gasteiger partial charge in [-0.15, -0.1) is 0 Å². The summed E-state index contributed by atoms with van der Waals surface area (Å²) >= 11 is 0. The molecule has 1 amide bonds. The van der Waals surface area contributed by atoms with Crippen molar-refractivity contribution in [3.63, 3.8) is 0 Å². The Hall–Kier alpha value is -3.12. The Bertz CT molecular complexity index is 963. The van der Waals surface area contributed by atoms with E-state index in [-0.39, 0.29) is 17.1 Å². The second-order valence-electron chi connectivity index (χ2n) is 5.52. The summed E-state index contributed by atoms with van der Waals surface area (Å²) in [5, 5.41) is 11.7. The smallest absolute Gasteiger partial charge is 0.239 e. The molecule has 0 saturated carbocycles. The van der Waals surface area contributed by atoms with Crippen molar-refractivity contribution >= 4 is 27.1 Å². The number of nitrogens with one attached hydrogen (secondary N) is 1. The van der Waals surface area contributed by atoms with Crippen molar-refractivity contribution in [2.75, 3.05) is 29.7 Å². The van der Waals surface area contributed by atoms with E-state index in [0.717, 1.165) is 6.26 Å². The first kappa shape index (κ1) is 19.2. The van der Waals surface area contributed by atoms with E-state index in [2.05, 4.69) is 10.3 Å². The van der Waals surface area contributed by atoms with Crippen molar-refractivity contribution in [3.05, 3.63) is 35.9 Å². The van der Waals surface area contributed by atoms with Crippen molar-refractivity contribution in [2.45, 2.75) is 6.92 Å². The molecule has 0 atom stereocenters. The molecule has 0 fully saturated rings. The van der Waals surface area contributed by atoms with Crippen molar-refractivity contribution in [1.82, 2.24) is 4.98 Å². The standard InChI is InChI=1S/C17H18N4O4S/c1-3-25-17-13(9-18)14(19)8-15(21-17)11-4-6-12(7-5-11)20-16(22)10-26(2,23)24/h4-8H,3,10H2,1-2H3,(H2,19,21)(H,20,22). The Morgan fingerprint density at radius 1 is 1.35 bits per heavy atom. The average molecular weight is 374 g/mol. The van der Waals surface area contributed by atoms with Crippen LogP contribution in [0.1, 0.15) is 12.5 Å². The average Bonchev–Trinajstić information content (AvgIpc) is 2.53. The zero-order chi connectivity index (χ0) is 19.3. The van der Waals surface area contributed by atoms with Crippen LogP contribution in [0.4, 0.5) is 11.4 Å². The van der Waals surface area contributed by atoms with Crippen LogP contribution in [0, 0.1) is 11.3 Å². The fourth-order valence-corrected chi connectivity index (χ4v) is 2.75. The van der Waals surface area contributed by atoms with Crippen LogP contribution in [0.3, 0.4) is 0 Å². The summed E-state index contributed by atoms with van der Waals surface area (Å²) in [6.45, 7) is 2.12. The molecule has 0 bridgehead atoms. The number of nitrogens with zero attached hydrogens (tertiary/aromatic N) is 2. The fourth-order valence-electron chi connectivity index (χ4n) is 2.20. The number of amides is 1. The number of hydrogen-bond acceptors (Lipinski definition) is 7. The van der Waals surface area contributed by atoms with Gasteiger partial charge in [-0.2, -0.15) is 5.26 Å². The van der Waals surface area contributed by atoms with Gasteiger partial charge >= 0.3 is 0 Å². The van der Waals surface area contributed by atoms with Gasteiger partial charge in [0.15, 0.2) is 9.84 Å². The highest BCUT2D eigenvalue weighted by molar-refractivity contribution is 7.91. The van der Waals surface area contributed by atoms with E-state index < -0.39 is 21.5 Å². The molecule has 0 unspecified atom stereocenters. The minimum absolute atomic E-state index is 0.163. The molecule has 8 nitrogen and oxygen atoms in total. The van der Waals surface area contributed by atoms with Crippen molar-refractivity contribution < 1.29 is 17.9 Å². The van der Waals surface area contributed by atoms with E-state index in [9.17, 15) is 13.2 Å². The molecule has 2 rings (SSSR count). The van der Waals surface area contributed by atoms with E-state index in [1.54, 1.807) is 37.3 Å². The molecule has 2 aromatic rings. The molecule has 3 N–H and O–H groups in total. The van der Waals surface area contributed by atoms with E-state index in [4.69, 9.17) is 15.7 Å². The Morgan fingerprint density at radius 2 is 2.00 bits per heavy atom. The summed E-state index contributed by atoms with van der Waals surface area (Å²) in [6, 6.07) is 10.2. The monoisotopic (exact) mass is 374 g/mol. The number of sulfone groups is 1. The van der Waals surface area contributed by atoms with Gasteiger partial charge in [-0.25, -0.2) is 13.4 Å². The minimum atomic E-state index is -3.39. The third-order valence-electron chi connectivity index (χ3n) is 3.27. The number of carbonyl (C=O) groups is 1. The molecule has 1 aromatic carbocycles. The molecule has 1 aromatic heterocycles. The number of pyridine rings is 1. The zero-order valence-electron chi connectivity index (χ0n) is 14.3. The summed E-state index contributed by atoms with van der Waals surface area (Å²) in [4.78, 5) is 16.0. The molecule has 26 heavy (non-hydrogen) atoms. The van der Waals surface area contributed by atoms with Gasteiger partial charge in [0.05, 0.1) is 18.0 Å². The van der Waals surface area contributed by atoms with Crippen LogP contribution in [0.25, 0.3) is 11.3 Å². The lowest BCUT2D eigenvalue weighted by atomic mass is 10.1. The topological polar surface area (TPSA) is 135 Å². The maximum Gasteiger partial charge on any atom is 0.239 e. The second-order valence-corrected chi connectivity index (χ2v) is 7.66. The summed E-state index contributed by atoms with van der Waals surface area (Å²) < 4.78 is 27.6. The first-order chi connectivity index (χ1) is 12.2. The van der Waals surface area contributed by atoms with Gasteiger partial charge in [0.2, 0.25) is 11.8 Å². The number of ether oxygens (including phenoxy) is 1. The molecule has 0 aliphatic heterocycles. The number of carbonyl (C=O) groups excluding carboxylic acids is 1. The molecule has 1 heterocycles. The van der Waals surface area contributed by atoms with E-state index >= 15 is 0 Å². The molecule has 0 aliphatic rings. The Balaban J connectivity index is 2.26. The lowest BCUT2D eigenvalue weighted by Crippen LogP contribution is -2.21. The third-order valence-corrected chi connectivity index (χ3v) is 4.05. The Kier molecular flexibility index (Phi) is 5.79. The second kappa shape index (κ2) is 7.84. The van der Waals surface area contributed by atoms with Crippen molar-refractivity contribution in [1.29, 1.82) is 5.26 Å². The number of benzene rings is 1. The number of aromatic nitrogens is 1. The minimum Gasteiger partial charge on any atom is -0.477 e. The molecule has 0 radical (unpaired) electrons. The van der Waals surface area contributed by atoms with Gasteiger partial charge in [0.1, 0.15) is 17.4 Å². The highest BCUT2D eigenvalue weighted by atomic mass is 32.2. The summed E-state index contributed by atoms with van der Waals surface area (Å²) in [5.41, 5.74) is 8.00. The molecule has 9 heteroatoms. The molecular weight excluding hydrogens is 356 g/mol. The van der Waals surface area contributed by atoms with Crippen LogP contribution in [0.15, 0.2) is 30.3 Å². The molecule has 0 aliphatic carbocycles. The Labute approximate surface area is 151 Å². The van der Waals surface area contributed by atoms with Crippen molar-refractivity contribution in [3.8, 4) is 23.2 Å². The van der Waals surface area contributed by atoms with Crippen molar-refractivity contribution in [2.24, 2.45) is 0 Å². The first-order valence-electron chi connectivity index (χ1n) is 7.65. The lowest BCUT2D eigenvalue weighted by Gasteiger charge is -2.10. The van der Waals surface area contributed by atoms with Gasteiger partial charge < -0.3 is 15.8 Å². The molecule has 136 valence electrons. The number of nitrogens with two attached hydrogens (primary N) is 1. The zero-order valence-corrected chi connectivity index (χ0v) is 15.1. The number of hydrogen-bond donors (Lipinski definition) is 2. The van der Waals surface area contributed by atoms with Crippen LogP contribution in [-0.2, 0) is 14.6 Å². The number of rotatable bonds is 6. The van der Waals surface area contributed by atoms with E-state index in [0.29, 0.717) is 23.6 Å². The predicted octanol–water partition coefficient (Wildman–Crippen LogP) is 1.58. The molecule has 0 spiro atoms. The first-order valence-corrected chi connectivity index (χ1v) is 9.71. The predicted molar refractivity (Wildman–Crippen MR) is 98.3 cm³/mol. The van der Waals surface area contributed by atoms with Crippen LogP contribution in [0.5, 0.6) is 5.88 Å². The van der Waals surface area contributed by atoms with E-state index in [1.165, 1.54) is 0 Å². The van der Waals surface area contributed by atoms with Gasteiger partial charge in [-0.05, 0) is 25.1 Å². The van der Waals surface area contributed by atoms with Crippen LogP contribution >= 0.6 is 0 Å². The lowest BCUT2D eigenvalue weighted by molar-refractivity contribution is -0.113. The number of nitrogen functional groups attached to an aromatic ring is 1.